The molecule has 2 nitrogen and oxygen atoms in total. The van der Waals surface area contributed by atoms with Gasteiger partial charge in [-0.2, -0.15) is 0 Å². The van der Waals surface area contributed by atoms with Gasteiger partial charge in [0.05, 0.1) is 5.52 Å². The molecule has 0 fully saturated rings. The molecule has 0 unspecified atom stereocenters. The second kappa shape index (κ2) is 3.66. The molecule has 2 aromatic rings. The highest BCUT2D eigenvalue weighted by atomic mass is 15.0. The van der Waals surface area contributed by atoms with Crippen LogP contribution in [0.25, 0.3) is 10.9 Å². The minimum absolute atomic E-state index is 0.909. The lowest BCUT2D eigenvalue weighted by Gasteiger charge is -2.07. The first-order valence-electron chi connectivity index (χ1n) is 4.91. The molecule has 0 aliphatic heterocycles. The largest absolute Gasteiger partial charge is 0.370 e. The lowest BCUT2D eigenvalue weighted by Crippen LogP contribution is -2.01. The van der Waals surface area contributed by atoms with Gasteiger partial charge in [0.2, 0.25) is 0 Å². The molecule has 0 aliphatic rings. The molecule has 0 amide bonds. The SMILES string of the molecule is CCNc1nc2ccccc2cc1C. The van der Waals surface area contributed by atoms with Gasteiger partial charge in [0.1, 0.15) is 5.82 Å². The highest BCUT2D eigenvalue weighted by molar-refractivity contribution is 5.81. The van der Waals surface area contributed by atoms with Crippen molar-refractivity contribution in [3.63, 3.8) is 0 Å². The van der Waals surface area contributed by atoms with Crippen LogP contribution in [0, 0.1) is 6.92 Å². The van der Waals surface area contributed by atoms with E-state index in [1.165, 1.54) is 10.9 Å². The average molecular weight is 186 g/mol. The number of hydrogen-bond acceptors (Lipinski definition) is 2. The van der Waals surface area contributed by atoms with Crippen LogP contribution in [0.1, 0.15) is 12.5 Å². The summed E-state index contributed by atoms with van der Waals surface area (Å²) in [5, 5.41) is 4.46. The Morgan fingerprint density at radius 2 is 2.07 bits per heavy atom. The summed E-state index contributed by atoms with van der Waals surface area (Å²) >= 11 is 0. The summed E-state index contributed by atoms with van der Waals surface area (Å²) in [6.45, 7) is 5.07. The number of hydrogen-bond donors (Lipinski definition) is 1. The Morgan fingerprint density at radius 1 is 1.29 bits per heavy atom. The predicted octanol–water partition coefficient (Wildman–Crippen LogP) is 2.98. The quantitative estimate of drug-likeness (QED) is 0.780. The first kappa shape index (κ1) is 9.00. The average Bonchev–Trinajstić information content (AvgIpc) is 2.19. The van der Waals surface area contributed by atoms with Gasteiger partial charge in [0.25, 0.3) is 0 Å². The summed E-state index contributed by atoms with van der Waals surface area (Å²) in [6.07, 6.45) is 0. The van der Waals surface area contributed by atoms with Crippen LogP contribution < -0.4 is 5.32 Å². The summed E-state index contributed by atoms with van der Waals surface area (Å²) < 4.78 is 0. The van der Waals surface area contributed by atoms with Crippen molar-refractivity contribution in [2.75, 3.05) is 11.9 Å². The molecule has 0 bridgehead atoms. The van der Waals surface area contributed by atoms with Crippen molar-refractivity contribution in [3.05, 3.63) is 35.9 Å². The van der Waals surface area contributed by atoms with E-state index in [1.807, 2.05) is 18.2 Å². The van der Waals surface area contributed by atoms with E-state index in [0.717, 1.165) is 17.9 Å². The lowest BCUT2D eigenvalue weighted by molar-refractivity contribution is 1.16. The number of nitrogens with zero attached hydrogens (tertiary/aromatic N) is 1. The molecule has 14 heavy (non-hydrogen) atoms. The first-order valence-corrected chi connectivity index (χ1v) is 4.91. The van der Waals surface area contributed by atoms with Crippen molar-refractivity contribution in [1.82, 2.24) is 4.98 Å². The summed E-state index contributed by atoms with van der Waals surface area (Å²) in [7, 11) is 0. The maximum Gasteiger partial charge on any atom is 0.129 e. The van der Waals surface area contributed by atoms with E-state index in [9.17, 15) is 0 Å². The molecule has 0 atom stereocenters. The van der Waals surface area contributed by atoms with Gasteiger partial charge >= 0.3 is 0 Å². The Kier molecular flexibility index (Phi) is 2.35. The number of rotatable bonds is 2. The number of aromatic nitrogens is 1. The van der Waals surface area contributed by atoms with Gasteiger partial charge in [-0.25, -0.2) is 4.98 Å². The normalized spacial score (nSPS) is 10.4. The number of fused-ring (bicyclic) bond motifs is 1. The highest BCUT2D eigenvalue weighted by Crippen LogP contribution is 2.18. The van der Waals surface area contributed by atoms with Crippen LogP contribution in [0.4, 0.5) is 5.82 Å². The minimum atomic E-state index is 0.909. The van der Waals surface area contributed by atoms with Crippen molar-refractivity contribution < 1.29 is 0 Å². The number of anilines is 1. The van der Waals surface area contributed by atoms with Gasteiger partial charge < -0.3 is 5.32 Å². The zero-order valence-electron chi connectivity index (χ0n) is 8.54. The van der Waals surface area contributed by atoms with E-state index in [2.05, 4.69) is 36.3 Å². The van der Waals surface area contributed by atoms with Crippen LogP contribution in [0.15, 0.2) is 30.3 Å². The second-order valence-electron chi connectivity index (χ2n) is 3.38. The maximum absolute atomic E-state index is 4.55. The van der Waals surface area contributed by atoms with Gasteiger partial charge in [-0.05, 0) is 31.5 Å². The van der Waals surface area contributed by atoms with Crippen molar-refractivity contribution in [2.45, 2.75) is 13.8 Å². The van der Waals surface area contributed by atoms with Crippen molar-refractivity contribution >= 4 is 16.7 Å². The molecular weight excluding hydrogens is 172 g/mol. The molecule has 1 heterocycles. The van der Waals surface area contributed by atoms with E-state index < -0.39 is 0 Å². The molecule has 1 aromatic carbocycles. The van der Waals surface area contributed by atoms with E-state index >= 15 is 0 Å². The second-order valence-corrected chi connectivity index (χ2v) is 3.38. The van der Waals surface area contributed by atoms with Crippen molar-refractivity contribution in [3.8, 4) is 0 Å². The number of aryl methyl sites for hydroxylation is 1. The Bertz CT molecular complexity index is 449. The predicted molar refractivity (Wildman–Crippen MR) is 60.6 cm³/mol. The summed E-state index contributed by atoms with van der Waals surface area (Å²) in [5.74, 6) is 0.992. The van der Waals surface area contributed by atoms with Gasteiger partial charge in [0, 0.05) is 11.9 Å². The van der Waals surface area contributed by atoms with Crippen LogP contribution in [-0.4, -0.2) is 11.5 Å². The Morgan fingerprint density at radius 3 is 2.86 bits per heavy atom. The highest BCUT2D eigenvalue weighted by Gasteiger charge is 2.00. The standard InChI is InChI=1S/C12H14N2/c1-3-13-12-9(2)8-10-6-4-5-7-11(10)14-12/h4-8H,3H2,1-2H3,(H,13,14). The van der Waals surface area contributed by atoms with E-state index in [1.54, 1.807) is 0 Å². The molecule has 0 saturated heterocycles. The third-order valence-electron chi connectivity index (χ3n) is 2.26. The number of pyridine rings is 1. The summed E-state index contributed by atoms with van der Waals surface area (Å²) in [5.41, 5.74) is 2.25. The Hall–Kier alpha value is -1.57. The van der Waals surface area contributed by atoms with Crippen LogP contribution >= 0.6 is 0 Å². The van der Waals surface area contributed by atoms with Crippen LogP contribution in [0.2, 0.25) is 0 Å². The third kappa shape index (κ3) is 1.55. The maximum atomic E-state index is 4.55. The van der Waals surface area contributed by atoms with Gasteiger partial charge in [-0.1, -0.05) is 18.2 Å². The molecule has 2 rings (SSSR count). The zero-order valence-corrected chi connectivity index (χ0v) is 8.54. The first-order chi connectivity index (χ1) is 6.81. The van der Waals surface area contributed by atoms with Crippen molar-refractivity contribution in [2.24, 2.45) is 0 Å². The molecule has 0 saturated carbocycles. The van der Waals surface area contributed by atoms with E-state index in [4.69, 9.17) is 0 Å². The van der Waals surface area contributed by atoms with E-state index in [0.29, 0.717) is 0 Å². The number of benzene rings is 1. The minimum Gasteiger partial charge on any atom is -0.370 e. The smallest absolute Gasteiger partial charge is 0.129 e. The molecule has 0 aliphatic carbocycles. The molecule has 1 aromatic heterocycles. The Balaban J connectivity index is 2.59. The van der Waals surface area contributed by atoms with Gasteiger partial charge in [-0.3, -0.25) is 0 Å². The topological polar surface area (TPSA) is 24.9 Å². The summed E-state index contributed by atoms with van der Waals surface area (Å²) in [6, 6.07) is 10.3. The lowest BCUT2D eigenvalue weighted by atomic mass is 10.1. The van der Waals surface area contributed by atoms with Crippen molar-refractivity contribution in [1.29, 1.82) is 0 Å². The van der Waals surface area contributed by atoms with E-state index in [-0.39, 0.29) is 0 Å². The fourth-order valence-electron chi connectivity index (χ4n) is 1.57. The monoisotopic (exact) mass is 186 g/mol. The third-order valence-corrected chi connectivity index (χ3v) is 2.26. The molecular formula is C12H14N2. The van der Waals surface area contributed by atoms with Crippen LogP contribution in [0.3, 0.4) is 0 Å². The van der Waals surface area contributed by atoms with Gasteiger partial charge in [-0.15, -0.1) is 0 Å². The number of nitrogens with one attached hydrogen (secondary N) is 1. The molecule has 0 radical (unpaired) electrons. The molecule has 0 spiro atoms. The molecule has 1 N–H and O–H groups in total. The zero-order chi connectivity index (χ0) is 9.97. The van der Waals surface area contributed by atoms with Gasteiger partial charge in [0.15, 0.2) is 0 Å². The fraction of sp³-hybridized carbons (Fsp3) is 0.250. The Labute approximate surface area is 84.0 Å². The summed E-state index contributed by atoms with van der Waals surface area (Å²) in [4.78, 5) is 4.55. The van der Waals surface area contributed by atoms with Crippen LogP contribution in [-0.2, 0) is 0 Å². The van der Waals surface area contributed by atoms with Crippen LogP contribution in [0.5, 0.6) is 0 Å². The fourth-order valence-corrected chi connectivity index (χ4v) is 1.57. The molecule has 2 heteroatoms. The molecule has 72 valence electrons. The number of para-hydroxylation sites is 1.